The second-order valence-corrected chi connectivity index (χ2v) is 5.69. The maximum atomic E-state index is 11.9. The van der Waals surface area contributed by atoms with E-state index in [1.165, 1.54) is 13.3 Å². The van der Waals surface area contributed by atoms with Crippen LogP contribution in [0.4, 0.5) is 5.69 Å². The number of anilines is 1. The van der Waals surface area contributed by atoms with Crippen molar-refractivity contribution in [3.05, 3.63) is 65.7 Å². The number of amides is 2. The molecule has 0 aromatic heterocycles. The largest absolute Gasteiger partial charge is 0.504 e. The number of phenolic OH excluding ortho intramolecular Hbond substituents is 1. The van der Waals surface area contributed by atoms with Crippen LogP contribution >= 0.6 is 0 Å². The predicted octanol–water partition coefficient (Wildman–Crippen LogP) is 2.53. The number of rotatable bonds is 6. The Morgan fingerprint density at radius 3 is 2.67 bits per heavy atom. The molecule has 0 spiro atoms. The standard InChI is InChI=1S/C20H21N3O4/c1-4-7-15-10-14(11-17(27-3)18(15)24)12-21-23-20(26)19(25)22-16-9-6-5-8-13(16)2/h4-6,8-12,24H,1,7H2,2-3H3,(H,22,25)(H,23,26)/b21-12+. The number of hydrogen-bond acceptors (Lipinski definition) is 5. The summed E-state index contributed by atoms with van der Waals surface area (Å²) in [5.74, 6) is -1.42. The number of ether oxygens (including phenoxy) is 1. The minimum atomic E-state index is -0.897. The fraction of sp³-hybridized carbons (Fsp3) is 0.150. The number of methoxy groups -OCH3 is 1. The van der Waals surface area contributed by atoms with Crippen molar-refractivity contribution < 1.29 is 19.4 Å². The lowest BCUT2D eigenvalue weighted by Gasteiger charge is -2.09. The molecule has 27 heavy (non-hydrogen) atoms. The normalized spacial score (nSPS) is 10.4. The molecule has 0 bridgehead atoms. The van der Waals surface area contributed by atoms with Gasteiger partial charge < -0.3 is 15.2 Å². The molecular formula is C20H21N3O4. The maximum absolute atomic E-state index is 11.9. The molecule has 2 rings (SSSR count). The molecule has 0 unspecified atom stereocenters. The van der Waals surface area contributed by atoms with Gasteiger partial charge in [-0.2, -0.15) is 5.10 Å². The first-order valence-electron chi connectivity index (χ1n) is 8.17. The van der Waals surface area contributed by atoms with Gasteiger partial charge >= 0.3 is 11.8 Å². The third-order valence-corrected chi connectivity index (χ3v) is 3.74. The van der Waals surface area contributed by atoms with Gasteiger partial charge in [0, 0.05) is 11.3 Å². The van der Waals surface area contributed by atoms with E-state index >= 15 is 0 Å². The Labute approximate surface area is 157 Å². The molecule has 2 amide bonds. The van der Waals surface area contributed by atoms with Gasteiger partial charge in [-0.15, -0.1) is 6.58 Å². The van der Waals surface area contributed by atoms with E-state index in [0.29, 0.717) is 23.2 Å². The van der Waals surface area contributed by atoms with E-state index in [4.69, 9.17) is 4.74 Å². The van der Waals surface area contributed by atoms with Gasteiger partial charge in [0.05, 0.1) is 13.3 Å². The van der Waals surface area contributed by atoms with Crippen LogP contribution in [0.5, 0.6) is 11.5 Å². The fourth-order valence-electron chi connectivity index (χ4n) is 2.34. The van der Waals surface area contributed by atoms with Gasteiger partial charge in [0.1, 0.15) is 0 Å². The second kappa shape index (κ2) is 9.19. The van der Waals surface area contributed by atoms with Crippen molar-refractivity contribution in [3.8, 4) is 11.5 Å². The number of nitrogens with zero attached hydrogens (tertiary/aromatic N) is 1. The Balaban J connectivity index is 2.05. The molecule has 0 aliphatic heterocycles. The zero-order chi connectivity index (χ0) is 19.8. The fourth-order valence-corrected chi connectivity index (χ4v) is 2.34. The van der Waals surface area contributed by atoms with Gasteiger partial charge in [-0.1, -0.05) is 24.3 Å². The first kappa shape index (κ1) is 19.7. The molecule has 0 saturated heterocycles. The minimum absolute atomic E-state index is 0.0243. The number of hydrogen-bond donors (Lipinski definition) is 3. The van der Waals surface area contributed by atoms with Crippen molar-refractivity contribution in [1.82, 2.24) is 5.43 Å². The summed E-state index contributed by atoms with van der Waals surface area (Å²) < 4.78 is 5.12. The zero-order valence-corrected chi connectivity index (χ0v) is 15.2. The zero-order valence-electron chi connectivity index (χ0n) is 15.2. The summed E-state index contributed by atoms with van der Waals surface area (Å²) in [6.45, 7) is 5.46. The molecule has 7 nitrogen and oxygen atoms in total. The Hall–Kier alpha value is -3.61. The lowest BCUT2D eigenvalue weighted by molar-refractivity contribution is -0.136. The smallest absolute Gasteiger partial charge is 0.329 e. The number of carbonyl (C=O) groups is 2. The summed E-state index contributed by atoms with van der Waals surface area (Å²) in [6.07, 6.45) is 3.44. The van der Waals surface area contributed by atoms with E-state index in [9.17, 15) is 14.7 Å². The Kier molecular flexibility index (Phi) is 6.71. The third-order valence-electron chi connectivity index (χ3n) is 3.74. The average Bonchev–Trinajstić information content (AvgIpc) is 2.65. The highest BCUT2D eigenvalue weighted by molar-refractivity contribution is 6.39. The van der Waals surface area contributed by atoms with Gasteiger partial charge in [-0.05, 0) is 42.7 Å². The van der Waals surface area contributed by atoms with Crippen LogP contribution in [0, 0.1) is 6.92 Å². The molecule has 2 aromatic carbocycles. The van der Waals surface area contributed by atoms with E-state index < -0.39 is 11.8 Å². The summed E-state index contributed by atoms with van der Waals surface area (Å²) in [5, 5.41) is 16.4. The number of nitrogens with one attached hydrogen (secondary N) is 2. The average molecular weight is 367 g/mol. The molecule has 0 atom stereocenters. The highest BCUT2D eigenvalue weighted by Gasteiger charge is 2.14. The molecule has 7 heteroatoms. The van der Waals surface area contributed by atoms with Crippen molar-refractivity contribution in [3.63, 3.8) is 0 Å². The van der Waals surface area contributed by atoms with E-state index in [1.54, 1.807) is 30.3 Å². The summed E-state index contributed by atoms with van der Waals surface area (Å²) in [5.41, 5.74) is 4.75. The van der Waals surface area contributed by atoms with Crippen molar-refractivity contribution in [1.29, 1.82) is 0 Å². The Morgan fingerprint density at radius 1 is 1.26 bits per heavy atom. The Morgan fingerprint density at radius 2 is 2.00 bits per heavy atom. The van der Waals surface area contributed by atoms with Crippen molar-refractivity contribution in [2.45, 2.75) is 13.3 Å². The number of carbonyl (C=O) groups excluding carboxylic acids is 2. The molecule has 0 fully saturated rings. The molecule has 0 radical (unpaired) electrons. The van der Waals surface area contributed by atoms with Crippen LogP contribution in [0.25, 0.3) is 0 Å². The summed E-state index contributed by atoms with van der Waals surface area (Å²) in [6, 6.07) is 10.4. The number of hydrazone groups is 1. The number of phenols is 1. The second-order valence-electron chi connectivity index (χ2n) is 5.69. The van der Waals surface area contributed by atoms with Gasteiger partial charge in [-0.3, -0.25) is 9.59 Å². The van der Waals surface area contributed by atoms with Crippen molar-refractivity contribution in [2.75, 3.05) is 12.4 Å². The van der Waals surface area contributed by atoms with E-state index in [2.05, 4.69) is 22.4 Å². The minimum Gasteiger partial charge on any atom is -0.504 e. The van der Waals surface area contributed by atoms with Crippen molar-refractivity contribution >= 4 is 23.7 Å². The molecular weight excluding hydrogens is 346 g/mol. The van der Waals surface area contributed by atoms with Crippen LogP contribution in [-0.2, 0) is 16.0 Å². The van der Waals surface area contributed by atoms with Gasteiger partial charge in [0.25, 0.3) is 0 Å². The molecule has 3 N–H and O–H groups in total. The van der Waals surface area contributed by atoms with E-state index in [1.807, 2.05) is 19.1 Å². The van der Waals surface area contributed by atoms with Gasteiger partial charge in [0.15, 0.2) is 11.5 Å². The highest BCUT2D eigenvalue weighted by atomic mass is 16.5. The number of benzene rings is 2. The van der Waals surface area contributed by atoms with Crippen LogP contribution < -0.4 is 15.5 Å². The van der Waals surface area contributed by atoms with Gasteiger partial charge in [-0.25, -0.2) is 5.43 Å². The van der Waals surface area contributed by atoms with Gasteiger partial charge in [0.2, 0.25) is 0 Å². The van der Waals surface area contributed by atoms with Crippen LogP contribution in [0.1, 0.15) is 16.7 Å². The number of allylic oxidation sites excluding steroid dienone is 1. The molecule has 2 aromatic rings. The quantitative estimate of drug-likeness (QED) is 0.316. The first-order chi connectivity index (χ1) is 13.0. The van der Waals surface area contributed by atoms with Crippen LogP contribution in [0.2, 0.25) is 0 Å². The highest BCUT2D eigenvalue weighted by Crippen LogP contribution is 2.31. The first-order valence-corrected chi connectivity index (χ1v) is 8.17. The predicted molar refractivity (Wildman–Crippen MR) is 104 cm³/mol. The number of aryl methyl sites for hydroxylation is 1. The third kappa shape index (κ3) is 5.18. The topological polar surface area (TPSA) is 100 Å². The SMILES string of the molecule is C=CCc1cc(/C=N/NC(=O)C(=O)Nc2ccccc2C)cc(OC)c1O. The van der Waals surface area contributed by atoms with Crippen LogP contribution in [0.3, 0.4) is 0 Å². The molecule has 0 aliphatic carbocycles. The molecule has 0 heterocycles. The molecule has 0 saturated carbocycles. The Bertz CT molecular complexity index is 891. The molecule has 0 aliphatic rings. The summed E-state index contributed by atoms with van der Waals surface area (Å²) in [4.78, 5) is 23.8. The summed E-state index contributed by atoms with van der Waals surface area (Å²) >= 11 is 0. The van der Waals surface area contributed by atoms with E-state index in [0.717, 1.165) is 5.56 Å². The maximum Gasteiger partial charge on any atom is 0.329 e. The summed E-state index contributed by atoms with van der Waals surface area (Å²) in [7, 11) is 1.44. The van der Waals surface area contributed by atoms with E-state index in [-0.39, 0.29) is 11.5 Å². The monoisotopic (exact) mass is 367 g/mol. The lowest BCUT2D eigenvalue weighted by Crippen LogP contribution is -2.32. The number of aromatic hydroxyl groups is 1. The van der Waals surface area contributed by atoms with Crippen LogP contribution in [0.15, 0.2) is 54.2 Å². The van der Waals surface area contributed by atoms with Crippen LogP contribution in [-0.4, -0.2) is 30.2 Å². The lowest BCUT2D eigenvalue weighted by atomic mass is 10.1. The van der Waals surface area contributed by atoms with Crippen molar-refractivity contribution in [2.24, 2.45) is 5.10 Å². The number of para-hydroxylation sites is 1. The molecule has 140 valence electrons.